The molecule has 3 fully saturated rings. The third-order valence-corrected chi connectivity index (χ3v) is 3.64. The van der Waals surface area contributed by atoms with Crippen LogP contribution in [0.3, 0.4) is 0 Å². The van der Waals surface area contributed by atoms with Gasteiger partial charge >= 0.3 is 41.2 Å². The molecule has 3 aliphatic rings. The van der Waals surface area contributed by atoms with Crippen molar-refractivity contribution in [2.75, 3.05) is 13.2 Å². The van der Waals surface area contributed by atoms with Gasteiger partial charge in [0, 0.05) is 0 Å². The van der Waals surface area contributed by atoms with E-state index in [4.69, 9.17) is 9.47 Å². The number of aliphatic imine (C=N–C) groups is 1. The summed E-state index contributed by atoms with van der Waals surface area (Å²) in [4.78, 5) is 87.0. The van der Waals surface area contributed by atoms with Crippen LogP contribution in [0.15, 0.2) is 4.99 Å². The average molecular weight is 397 g/mol. The lowest BCUT2D eigenvalue weighted by molar-refractivity contribution is -0.202. The minimum absolute atomic E-state index is 0.00147. The zero-order valence-corrected chi connectivity index (χ0v) is 13.9. The number of rotatable bonds is 3. The number of hydrogen-bond acceptors (Lipinski definition) is 11. The Kier molecular flexibility index (Phi) is 4.30. The van der Waals surface area contributed by atoms with E-state index in [9.17, 15) is 33.6 Å². The molecule has 3 saturated heterocycles. The zero-order chi connectivity index (χ0) is 20.7. The molecule has 0 aromatic rings. The van der Waals surface area contributed by atoms with Crippen molar-refractivity contribution < 1.29 is 47.8 Å². The van der Waals surface area contributed by atoms with Crippen LogP contribution in [-0.2, 0) is 38.2 Å². The molecule has 0 aromatic carbocycles. The van der Waals surface area contributed by atoms with Crippen LogP contribution in [0.5, 0.6) is 0 Å². The minimum atomic E-state index is -2.99. The number of carbonyl (C=O) groups is 7. The number of urea groups is 2. The Morgan fingerprint density at radius 1 is 0.929 bits per heavy atom. The first-order chi connectivity index (χ1) is 13.2. The molecule has 0 bridgehead atoms. The second-order valence-corrected chi connectivity index (χ2v) is 5.40. The highest BCUT2D eigenvalue weighted by atomic mass is 16.8. The Labute approximate surface area is 154 Å². The molecule has 0 aliphatic carbocycles. The molecule has 0 aromatic heterocycles. The summed E-state index contributed by atoms with van der Waals surface area (Å²) in [5, 5.41) is 6.75. The molecule has 0 unspecified atom stereocenters. The molecule has 28 heavy (non-hydrogen) atoms. The molecule has 0 saturated carbocycles. The molecule has 8 amide bonds. The predicted molar refractivity (Wildman–Crippen MR) is 79.9 cm³/mol. The maximum atomic E-state index is 12.4. The minimum Gasteiger partial charge on any atom is -0.465 e. The lowest BCUT2D eigenvalue weighted by Crippen LogP contribution is -2.72. The van der Waals surface area contributed by atoms with E-state index in [1.165, 1.54) is 6.92 Å². The molecule has 0 radical (unpaired) electrons. The van der Waals surface area contributed by atoms with Crippen molar-refractivity contribution in [3.63, 3.8) is 0 Å². The summed E-state index contributed by atoms with van der Waals surface area (Å²) in [7, 11) is 0. The van der Waals surface area contributed by atoms with E-state index < -0.39 is 65.5 Å². The summed E-state index contributed by atoms with van der Waals surface area (Å²) in [6.45, 7) is 0.734. The molecule has 15 heteroatoms. The summed E-state index contributed by atoms with van der Waals surface area (Å²) in [5.41, 5.74) is -2.89. The van der Waals surface area contributed by atoms with E-state index in [-0.39, 0.29) is 6.61 Å². The van der Waals surface area contributed by atoms with Gasteiger partial charge in [0.05, 0.1) is 6.61 Å². The summed E-state index contributed by atoms with van der Waals surface area (Å²) in [5.74, 6) is -10.6. The highest BCUT2D eigenvalue weighted by molar-refractivity contribution is 6.36. The first-order valence-electron chi connectivity index (χ1n) is 7.59. The van der Waals surface area contributed by atoms with Crippen LogP contribution in [0.25, 0.3) is 0 Å². The third-order valence-electron chi connectivity index (χ3n) is 3.64. The highest BCUT2D eigenvalue weighted by Crippen LogP contribution is 2.37. The molecular weight excluding hydrogens is 386 g/mol. The molecule has 4 N–H and O–H groups in total. The van der Waals surface area contributed by atoms with Gasteiger partial charge in [-0.15, -0.1) is 0 Å². The predicted octanol–water partition coefficient (Wildman–Crippen LogP) is -3.84. The Hall–Kier alpha value is -3.88. The van der Waals surface area contributed by atoms with E-state index in [1.54, 1.807) is 21.3 Å². The summed E-state index contributed by atoms with van der Waals surface area (Å²) >= 11 is 0. The standard InChI is InChI=1S/C13H11N5O10/c1-2-26-4(19)3-14-9-12(5(20)15-10(24)16-6(12)21)28-13(27-9)7(22)17-11(25)18-8(13)23/h2-3H2,1H3,(H2,15,16,20,21,24)(H2,17,18,22,23,25). The Morgan fingerprint density at radius 2 is 1.43 bits per heavy atom. The van der Waals surface area contributed by atoms with Crippen molar-refractivity contribution in [2.45, 2.75) is 18.3 Å². The van der Waals surface area contributed by atoms with Crippen LogP contribution in [0.2, 0.25) is 0 Å². The van der Waals surface area contributed by atoms with Crippen molar-refractivity contribution in [2.24, 2.45) is 4.99 Å². The number of nitrogens with one attached hydrogen (secondary N) is 4. The van der Waals surface area contributed by atoms with Gasteiger partial charge in [-0.3, -0.25) is 50.0 Å². The van der Waals surface area contributed by atoms with Gasteiger partial charge in [-0.2, -0.15) is 0 Å². The van der Waals surface area contributed by atoms with Gasteiger partial charge in [-0.05, 0) is 6.92 Å². The number of carbonyl (C=O) groups excluding carboxylic acids is 7. The van der Waals surface area contributed by atoms with Crippen LogP contribution in [-0.4, -0.2) is 72.1 Å². The molecule has 3 aliphatic heterocycles. The highest BCUT2D eigenvalue weighted by Gasteiger charge is 2.74. The number of barbiturate groups is 2. The van der Waals surface area contributed by atoms with Crippen molar-refractivity contribution in [1.29, 1.82) is 0 Å². The van der Waals surface area contributed by atoms with Gasteiger partial charge in [-0.25, -0.2) is 14.6 Å². The zero-order valence-electron chi connectivity index (χ0n) is 13.9. The Balaban J connectivity index is 2.07. The summed E-state index contributed by atoms with van der Waals surface area (Å²) in [6, 6.07) is -2.41. The fourth-order valence-corrected chi connectivity index (χ4v) is 2.47. The molecule has 3 rings (SSSR count). The van der Waals surface area contributed by atoms with Crippen molar-refractivity contribution >= 4 is 47.6 Å². The number of ether oxygens (including phenoxy) is 3. The Bertz CT molecular complexity index is 837. The monoisotopic (exact) mass is 397 g/mol. The summed E-state index contributed by atoms with van der Waals surface area (Å²) < 4.78 is 14.8. The van der Waals surface area contributed by atoms with E-state index in [2.05, 4.69) is 9.73 Å². The topological polar surface area (TPSA) is 208 Å². The number of imide groups is 4. The number of amides is 8. The molecule has 2 spiro atoms. The average Bonchev–Trinajstić information content (AvgIpc) is 2.95. The van der Waals surface area contributed by atoms with Crippen molar-refractivity contribution in [3.8, 4) is 0 Å². The van der Waals surface area contributed by atoms with Crippen LogP contribution >= 0.6 is 0 Å². The van der Waals surface area contributed by atoms with E-state index in [0.717, 1.165) is 0 Å². The molecule has 15 nitrogen and oxygen atoms in total. The van der Waals surface area contributed by atoms with Crippen LogP contribution in [0.1, 0.15) is 6.92 Å². The van der Waals surface area contributed by atoms with E-state index in [0.29, 0.717) is 0 Å². The van der Waals surface area contributed by atoms with Gasteiger partial charge in [0.25, 0.3) is 11.8 Å². The largest absolute Gasteiger partial charge is 0.465 e. The second kappa shape index (κ2) is 6.38. The SMILES string of the molecule is CCOC(=O)CN=C1OC2(OC13C(=O)NC(=O)NC3=O)C(=O)NC(=O)NC2=O. The lowest BCUT2D eigenvalue weighted by Gasteiger charge is -2.30. The maximum absolute atomic E-state index is 12.4. The molecular formula is C13H11N5O10. The molecule has 0 atom stereocenters. The van der Waals surface area contributed by atoms with E-state index in [1.807, 2.05) is 0 Å². The first kappa shape index (κ1) is 18.9. The number of nitrogens with zero attached hydrogens (tertiary/aromatic N) is 1. The third kappa shape index (κ3) is 2.64. The quantitative estimate of drug-likeness (QED) is 0.269. The van der Waals surface area contributed by atoms with Crippen LogP contribution in [0, 0.1) is 0 Å². The maximum Gasteiger partial charge on any atom is 0.376 e. The lowest BCUT2D eigenvalue weighted by atomic mass is 10.00. The van der Waals surface area contributed by atoms with Crippen molar-refractivity contribution in [1.82, 2.24) is 21.3 Å². The van der Waals surface area contributed by atoms with Crippen LogP contribution in [0.4, 0.5) is 9.59 Å². The Morgan fingerprint density at radius 3 is 1.93 bits per heavy atom. The number of hydrogen-bond donors (Lipinski definition) is 4. The summed E-state index contributed by atoms with van der Waals surface area (Å²) in [6.07, 6.45) is 0. The molecule has 148 valence electrons. The fourth-order valence-electron chi connectivity index (χ4n) is 2.47. The van der Waals surface area contributed by atoms with Crippen molar-refractivity contribution in [3.05, 3.63) is 0 Å². The van der Waals surface area contributed by atoms with Gasteiger partial charge in [0.15, 0.2) is 0 Å². The number of esters is 1. The second-order valence-electron chi connectivity index (χ2n) is 5.40. The smallest absolute Gasteiger partial charge is 0.376 e. The van der Waals surface area contributed by atoms with Gasteiger partial charge in [0.2, 0.25) is 5.90 Å². The molecule has 3 heterocycles. The van der Waals surface area contributed by atoms with Crippen LogP contribution < -0.4 is 21.3 Å². The fraction of sp³-hybridized carbons (Fsp3) is 0.385. The first-order valence-corrected chi connectivity index (χ1v) is 7.59. The normalized spacial score (nSPS) is 23.8. The van der Waals surface area contributed by atoms with E-state index >= 15 is 0 Å². The van der Waals surface area contributed by atoms with Gasteiger partial charge in [0.1, 0.15) is 6.54 Å². The van der Waals surface area contributed by atoms with Gasteiger partial charge < -0.3 is 9.47 Å². The van der Waals surface area contributed by atoms with Gasteiger partial charge in [-0.1, -0.05) is 0 Å².